The quantitative estimate of drug-likeness (QED) is 0.814. The van der Waals surface area contributed by atoms with E-state index in [0.717, 1.165) is 0 Å². The molecule has 0 bridgehead atoms. The van der Waals surface area contributed by atoms with Crippen LogP contribution in [0.2, 0.25) is 0 Å². The number of hydrogen-bond donors (Lipinski definition) is 2. The van der Waals surface area contributed by atoms with E-state index in [0.29, 0.717) is 22.9 Å². The summed E-state index contributed by atoms with van der Waals surface area (Å²) in [7, 11) is 0. The van der Waals surface area contributed by atoms with Crippen molar-refractivity contribution < 1.29 is 19.5 Å². The van der Waals surface area contributed by atoms with Gasteiger partial charge in [0.05, 0.1) is 17.0 Å². The van der Waals surface area contributed by atoms with Crippen molar-refractivity contribution in [1.29, 1.82) is 0 Å². The van der Waals surface area contributed by atoms with Gasteiger partial charge in [-0.1, -0.05) is 12.1 Å². The number of pyridine rings is 1. The van der Waals surface area contributed by atoms with Gasteiger partial charge < -0.3 is 5.11 Å². The molecule has 1 aromatic heterocycles. The zero-order chi connectivity index (χ0) is 15.0. The highest BCUT2D eigenvalue weighted by Gasteiger charge is 2.29. The molecule has 1 unspecified atom stereocenters. The summed E-state index contributed by atoms with van der Waals surface area (Å²) in [5, 5.41) is 12.2. The van der Waals surface area contributed by atoms with Crippen LogP contribution < -0.4 is 5.32 Å². The zero-order valence-corrected chi connectivity index (χ0v) is 11.0. The number of benzene rings is 1. The Morgan fingerprint density at radius 2 is 2.10 bits per heavy atom. The van der Waals surface area contributed by atoms with Crippen LogP contribution in [-0.4, -0.2) is 27.9 Å². The first kappa shape index (κ1) is 13.2. The lowest BCUT2D eigenvalue weighted by atomic mass is 9.87. The first-order chi connectivity index (χ1) is 10.1. The van der Waals surface area contributed by atoms with Crippen molar-refractivity contribution in [2.75, 3.05) is 0 Å². The van der Waals surface area contributed by atoms with Gasteiger partial charge in [-0.25, -0.2) is 4.79 Å². The van der Waals surface area contributed by atoms with Crippen molar-refractivity contribution in [3.63, 3.8) is 0 Å². The average Bonchev–Trinajstić information content (AvgIpc) is 2.46. The van der Waals surface area contributed by atoms with Crippen molar-refractivity contribution in [3.05, 3.63) is 41.6 Å². The number of carboxylic acid groups (broad SMARTS) is 1. The van der Waals surface area contributed by atoms with Crippen molar-refractivity contribution in [3.8, 4) is 0 Å². The standard InChI is InChI=1S/C15H12N2O4/c18-12-6-5-10(14(19)17-12)8-3-4-11(15(20)21)13-9(8)2-1-7-16-13/h1-4,7,10H,5-6H2,(H,20,21)(H,17,18,19). The molecule has 2 N–H and O–H groups in total. The van der Waals surface area contributed by atoms with E-state index in [-0.39, 0.29) is 23.8 Å². The molecular weight excluding hydrogens is 272 g/mol. The van der Waals surface area contributed by atoms with E-state index in [1.165, 1.54) is 12.3 Å². The smallest absolute Gasteiger partial charge is 0.337 e. The second-order valence-corrected chi connectivity index (χ2v) is 4.91. The first-order valence-electron chi connectivity index (χ1n) is 6.52. The maximum atomic E-state index is 12.0. The summed E-state index contributed by atoms with van der Waals surface area (Å²) < 4.78 is 0. The largest absolute Gasteiger partial charge is 0.478 e. The molecule has 1 saturated heterocycles. The number of carboxylic acids is 1. The Kier molecular flexibility index (Phi) is 3.13. The van der Waals surface area contributed by atoms with E-state index in [2.05, 4.69) is 10.3 Å². The summed E-state index contributed by atoms with van der Waals surface area (Å²) in [6.45, 7) is 0. The number of piperidine rings is 1. The zero-order valence-electron chi connectivity index (χ0n) is 11.0. The van der Waals surface area contributed by atoms with Crippen LogP contribution in [0.1, 0.15) is 34.7 Å². The summed E-state index contributed by atoms with van der Waals surface area (Å²) in [4.78, 5) is 38.6. The molecule has 21 heavy (non-hydrogen) atoms. The average molecular weight is 284 g/mol. The normalized spacial score (nSPS) is 18.6. The minimum absolute atomic E-state index is 0.0987. The lowest BCUT2D eigenvalue weighted by molar-refractivity contribution is -0.134. The topological polar surface area (TPSA) is 96.4 Å². The predicted molar refractivity (Wildman–Crippen MR) is 73.8 cm³/mol. The number of fused-ring (bicyclic) bond motifs is 1. The number of imide groups is 1. The molecule has 6 nitrogen and oxygen atoms in total. The minimum atomic E-state index is -1.06. The Hall–Kier alpha value is -2.76. The van der Waals surface area contributed by atoms with E-state index >= 15 is 0 Å². The molecule has 1 aliphatic rings. The molecule has 106 valence electrons. The Morgan fingerprint density at radius 1 is 1.29 bits per heavy atom. The lowest BCUT2D eigenvalue weighted by Gasteiger charge is -2.22. The van der Waals surface area contributed by atoms with Crippen molar-refractivity contribution >= 4 is 28.7 Å². The Bertz CT molecular complexity index is 769. The van der Waals surface area contributed by atoms with Crippen LogP contribution in [-0.2, 0) is 9.59 Å². The van der Waals surface area contributed by atoms with Crippen LogP contribution in [0.15, 0.2) is 30.5 Å². The van der Waals surface area contributed by atoms with Crippen molar-refractivity contribution in [2.24, 2.45) is 0 Å². The molecule has 2 amide bonds. The molecule has 3 rings (SSSR count). The van der Waals surface area contributed by atoms with E-state index in [9.17, 15) is 19.5 Å². The van der Waals surface area contributed by atoms with Gasteiger partial charge in [0.2, 0.25) is 11.8 Å². The maximum absolute atomic E-state index is 12.0. The molecular formula is C15H12N2O4. The number of nitrogens with zero attached hydrogens (tertiary/aromatic N) is 1. The molecule has 1 atom stereocenters. The van der Waals surface area contributed by atoms with Gasteiger partial charge in [-0.15, -0.1) is 0 Å². The third kappa shape index (κ3) is 2.24. The summed E-state index contributed by atoms with van der Waals surface area (Å²) in [6.07, 6.45) is 2.21. The maximum Gasteiger partial charge on any atom is 0.337 e. The number of carbonyl (C=O) groups excluding carboxylic acids is 2. The Balaban J connectivity index is 2.16. The van der Waals surface area contributed by atoms with Crippen molar-refractivity contribution in [2.45, 2.75) is 18.8 Å². The second-order valence-electron chi connectivity index (χ2n) is 4.91. The highest BCUT2D eigenvalue weighted by molar-refractivity contribution is 6.06. The fraction of sp³-hybridized carbons (Fsp3) is 0.200. The SMILES string of the molecule is O=C1CCC(c2ccc(C(=O)O)c3ncccc23)C(=O)N1. The third-order valence-electron chi connectivity index (χ3n) is 3.65. The Labute approximate surface area is 119 Å². The van der Waals surface area contributed by atoms with Gasteiger partial charge in [-0.05, 0) is 24.1 Å². The summed E-state index contributed by atoms with van der Waals surface area (Å²) in [5.74, 6) is -2.15. The van der Waals surface area contributed by atoms with Gasteiger partial charge in [0, 0.05) is 18.0 Å². The summed E-state index contributed by atoms with van der Waals surface area (Å²) in [6, 6.07) is 6.53. The number of carbonyl (C=O) groups is 3. The number of amides is 2. The molecule has 0 radical (unpaired) electrons. The molecule has 1 aromatic carbocycles. The molecule has 2 aromatic rings. The molecule has 1 fully saturated rings. The van der Waals surface area contributed by atoms with E-state index in [1.54, 1.807) is 18.2 Å². The monoisotopic (exact) mass is 284 g/mol. The van der Waals surface area contributed by atoms with Crippen LogP contribution in [0.4, 0.5) is 0 Å². The number of aromatic carboxylic acids is 1. The van der Waals surface area contributed by atoms with Gasteiger partial charge in [0.15, 0.2) is 0 Å². The molecule has 6 heteroatoms. The minimum Gasteiger partial charge on any atom is -0.478 e. The predicted octanol–water partition coefficient (Wildman–Crippen LogP) is 1.45. The van der Waals surface area contributed by atoms with Crippen LogP contribution >= 0.6 is 0 Å². The summed E-state index contributed by atoms with van der Waals surface area (Å²) >= 11 is 0. The Morgan fingerprint density at radius 3 is 2.81 bits per heavy atom. The number of aromatic nitrogens is 1. The fourth-order valence-electron chi connectivity index (χ4n) is 2.66. The molecule has 2 heterocycles. The fourth-order valence-corrected chi connectivity index (χ4v) is 2.66. The van der Waals surface area contributed by atoms with Crippen LogP contribution in [0.5, 0.6) is 0 Å². The van der Waals surface area contributed by atoms with Gasteiger partial charge in [-0.3, -0.25) is 19.9 Å². The third-order valence-corrected chi connectivity index (χ3v) is 3.65. The van der Waals surface area contributed by atoms with E-state index in [4.69, 9.17) is 0 Å². The van der Waals surface area contributed by atoms with Gasteiger partial charge in [0.1, 0.15) is 0 Å². The summed E-state index contributed by atoms with van der Waals surface area (Å²) in [5.41, 5.74) is 1.15. The number of nitrogens with one attached hydrogen (secondary N) is 1. The van der Waals surface area contributed by atoms with Crippen LogP contribution in [0.25, 0.3) is 10.9 Å². The molecule has 0 spiro atoms. The number of rotatable bonds is 2. The second kappa shape index (κ2) is 4.97. The number of hydrogen-bond acceptors (Lipinski definition) is 4. The molecule has 1 aliphatic heterocycles. The van der Waals surface area contributed by atoms with Crippen LogP contribution in [0, 0.1) is 0 Å². The van der Waals surface area contributed by atoms with Gasteiger partial charge in [0.25, 0.3) is 0 Å². The highest BCUT2D eigenvalue weighted by Crippen LogP contribution is 2.31. The lowest BCUT2D eigenvalue weighted by Crippen LogP contribution is -2.39. The van der Waals surface area contributed by atoms with Gasteiger partial charge >= 0.3 is 5.97 Å². The first-order valence-corrected chi connectivity index (χ1v) is 6.52. The van der Waals surface area contributed by atoms with Crippen molar-refractivity contribution in [1.82, 2.24) is 10.3 Å². The molecule has 0 aliphatic carbocycles. The van der Waals surface area contributed by atoms with E-state index < -0.39 is 11.9 Å². The van der Waals surface area contributed by atoms with E-state index in [1.807, 2.05) is 0 Å². The highest BCUT2D eigenvalue weighted by atomic mass is 16.4. The molecule has 0 saturated carbocycles. The van der Waals surface area contributed by atoms with Gasteiger partial charge in [-0.2, -0.15) is 0 Å². The van der Waals surface area contributed by atoms with Crippen LogP contribution in [0.3, 0.4) is 0 Å².